The number of nitrogens with zero attached hydrogens (tertiary/aromatic N) is 6. The van der Waals surface area contributed by atoms with Gasteiger partial charge in [-0.2, -0.15) is 0 Å². The molecule has 8 rings (SSSR count). The van der Waals surface area contributed by atoms with E-state index in [4.69, 9.17) is 20.4 Å². The minimum absolute atomic E-state index is 0.0114. The highest BCUT2D eigenvalue weighted by molar-refractivity contribution is 5.96. The fraction of sp³-hybridized carbons (Fsp3) is 0.500. The van der Waals surface area contributed by atoms with E-state index < -0.39 is 0 Å². The van der Waals surface area contributed by atoms with Gasteiger partial charge >= 0.3 is 0 Å². The highest BCUT2D eigenvalue weighted by Gasteiger charge is 2.56. The highest BCUT2D eigenvalue weighted by atomic mass is 19.1. The number of aryl methyl sites for hydroxylation is 1. The number of hydrogen-bond acceptors (Lipinski definition) is 7. The van der Waals surface area contributed by atoms with Gasteiger partial charge in [0.1, 0.15) is 17.4 Å². The van der Waals surface area contributed by atoms with Crippen molar-refractivity contribution in [2.24, 2.45) is 33.9 Å². The zero-order valence-corrected chi connectivity index (χ0v) is 32.1. The summed E-state index contributed by atoms with van der Waals surface area (Å²) in [6.45, 7) is 11.9. The van der Waals surface area contributed by atoms with Gasteiger partial charge in [0.25, 0.3) is 5.56 Å². The molecule has 12 heteroatoms. The number of methoxy groups -OCH3 is 1. The van der Waals surface area contributed by atoms with Gasteiger partial charge < -0.3 is 25.6 Å². The van der Waals surface area contributed by atoms with Gasteiger partial charge in [0, 0.05) is 68.4 Å². The number of pyridine rings is 1. The molecule has 3 aliphatic carbocycles. The van der Waals surface area contributed by atoms with Crippen LogP contribution in [0.15, 0.2) is 70.7 Å². The number of carbonyl (C=O) groups is 1. The lowest BCUT2D eigenvalue weighted by atomic mass is 9.45. The molecule has 0 spiro atoms. The number of hydrogen-bond donors (Lipinski definition) is 2. The number of fused-ring (bicyclic) bond motifs is 3. The maximum Gasteiger partial charge on any atom is 0.261 e. The molecule has 1 aliphatic heterocycles. The number of halogens is 1. The van der Waals surface area contributed by atoms with E-state index in [0.717, 1.165) is 18.1 Å². The zero-order chi connectivity index (χ0) is 38.1. The van der Waals surface area contributed by atoms with Crippen molar-refractivity contribution in [3.05, 3.63) is 82.7 Å². The largest absolute Gasteiger partial charge is 0.497 e. The van der Waals surface area contributed by atoms with Gasteiger partial charge in [-0.05, 0) is 104 Å². The number of nitrogens with one attached hydrogen (secondary N) is 1. The van der Waals surface area contributed by atoms with Crippen molar-refractivity contribution in [3.63, 3.8) is 0 Å². The second-order valence-electron chi connectivity index (χ2n) is 15.9. The topological polar surface area (TPSA) is 131 Å². The first-order valence-electron chi connectivity index (χ1n) is 19.3. The summed E-state index contributed by atoms with van der Waals surface area (Å²) in [7, 11) is 1.50. The van der Waals surface area contributed by atoms with Crippen LogP contribution in [0.25, 0.3) is 22.3 Å². The zero-order valence-electron chi connectivity index (χ0n) is 32.1. The SMILES string of the molecule is COc1ccc(CCn2c(-c3cccnc3)nc3cc(NC(=N[C@H]4C[C@H]5C[C@H]([C@H]4C)C5(C)C)N4CCN(C(=O)CCCN)[C@@H](C)C4)ccc3c2=O)c(F)c1. The summed E-state index contributed by atoms with van der Waals surface area (Å²) in [5.74, 6) is 3.19. The fourth-order valence-electron chi connectivity index (χ4n) is 9.00. The summed E-state index contributed by atoms with van der Waals surface area (Å²) in [6.07, 6.45) is 7.12. The average Bonchev–Trinajstić information content (AvgIpc) is 3.17. The van der Waals surface area contributed by atoms with E-state index in [2.05, 4.69) is 42.9 Å². The van der Waals surface area contributed by atoms with Gasteiger partial charge in [0.15, 0.2) is 5.96 Å². The molecular weight excluding hydrogens is 684 g/mol. The molecule has 286 valence electrons. The molecule has 1 saturated heterocycles. The Morgan fingerprint density at radius 2 is 1.96 bits per heavy atom. The second kappa shape index (κ2) is 15.5. The van der Waals surface area contributed by atoms with E-state index in [1.807, 2.05) is 29.2 Å². The number of carbonyl (C=O) groups excluding carboxylic acids is 1. The summed E-state index contributed by atoms with van der Waals surface area (Å²) in [5, 5.41) is 4.12. The molecule has 2 aromatic carbocycles. The molecular formula is C42H53FN8O3. The summed E-state index contributed by atoms with van der Waals surface area (Å²) < 4.78 is 21.7. The molecule has 3 saturated carbocycles. The van der Waals surface area contributed by atoms with Crippen LogP contribution >= 0.6 is 0 Å². The van der Waals surface area contributed by atoms with Crippen LogP contribution in [0.5, 0.6) is 5.75 Å². The number of ether oxygens (including phenoxy) is 1. The van der Waals surface area contributed by atoms with Crippen molar-refractivity contribution < 1.29 is 13.9 Å². The van der Waals surface area contributed by atoms with Gasteiger partial charge in [-0.25, -0.2) is 14.4 Å². The Morgan fingerprint density at radius 3 is 2.65 bits per heavy atom. The van der Waals surface area contributed by atoms with Crippen LogP contribution < -0.4 is 21.3 Å². The molecule has 0 radical (unpaired) electrons. The maximum atomic E-state index is 14.9. The summed E-state index contributed by atoms with van der Waals surface area (Å²) >= 11 is 0. The first-order valence-corrected chi connectivity index (χ1v) is 19.3. The van der Waals surface area contributed by atoms with Crippen molar-refractivity contribution in [1.82, 2.24) is 24.3 Å². The molecule has 4 aliphatic rings. The Labute approximate surface area is 316 Å². The minimum atomic E-state index is -0.385. The quantitative estimate of drug-likeness (QED) is 0.151. The molecule has 5 atom stereocenters. The van der Waals surface area contributed by atoms with E-state index in [-0.39, 0.29) is 35.9 Å². The molecule has 2 aromatic heterocycles. The van der Waals surface area contributed by atoms with Crippen LogP contribution in [0.3, 0.4) is 0 Å². The average molecular weight is 737 g/mol. The number of aromatic nitrogens is 3. The molecule has 11 nitrogen and oxygen atoms in total. The Kier molecular flexibility index (Phi) is 10.7. The fourth-order valence-corrected chi connectivity index (χ4v) is 9.00. The summed E-state index contributed by atoms with van der Waals surface area (Å²) in [4.78, 5) is 46.2. The van der Waals surface area contributed by atoms with E-state index in [1.165, 1.54) is 19.6 Å². The highest BCUT2D eigenvalue weighted by Crippen LogP contribution is 2.61. The molecule has 1 amide bonds. The number of rotatable bonds is 10. The number of piperazine rings is 1. The Balaban J connectivity index is 1.21. The van der Waals surface area contributed by atoms with E-state index in [0.29, 0.717) is 102 Å². The lowest BCUT2D eigenvalue weighted by Crippen LogP contribution is -2.58. The van der Waals surface area contributed by atoms with Gasteiger partial charge in [-0.15, -0.1) is 0 Å². The van der Waals surface area contributed by atoms with E-state index in [9.17, 15) is 14.0 Å². The first kappa shape index (κ1) is 37.5. The van der Waals surface area contributed by atoms with Crippen LogP contribution in [-0.2, 0) is 17.8 Å². The normalized spacial score (nSPS) is 23.6. The third-order valence-electron chi connectivity index (χ3n) is 12.4. The van der Waals surface area contributed by atoms with E-state index in [1.54, 1.807) is 35.2 Å². The lowest BCUT2D eigenvalue weighted by Gasteiger charge is -2.61. The van der Waals surface area contributed by atoms with Crippen LogP contribution in [0.2, 0.25) is 0 Å². The smallest absolute Gasteiger partial charge is 0.261 e. The van der Waals surface area contributed by atoms with Crippen molar-refractivity contribution in [1.29, 1.82) is 0 Å². The Bertz CT molecular complexity index is 2090. The molecule has 2 bridgehead atoms. The van der Waals surface area contributed by atoms with Crippen LogP contribution in [0.4, 0.5) is 10.1 Å². The monoisotopic (exact) mass is 736 g/mol. The molecule has 0 unspecified atom stereocenters. The van der Waals surface area contributed by atoms with Gasteiger partial charge in [-0.1, -0.05) is 26.8 Å². The molecule has 4 aromatic rings. The number of nitrogens with two attached hydrogens (primary N) is 1. The predicted octanol–water partition coefficient (Wildman–Crippen LogP) is 5.96. The standard InChI is InChI=1S/C42H53FN8O3/c1-26-25-49(18-19-50(26)38(52)9-6-15-44)41(48-36-21-30-20-34(27(36)2)42(30,3)4)46-31-11-13-33-37(22-31)47-39(29-8-7-16-45-24-29)51(40(33)53)17-14-28-10-12-32(54-5)23-35(28)43/h7-8,10-13,16,22-24,26-27,30,34,36H,6,9,14-15,17-21,25,44H2,1-5H3,(H,46,48)/t26-,27+,30+,34+,36-/m0/s1. The third kappa shape index (κ3) is 7.32. The first-order chi connectivity index (χ1) is 26.0. The number of anilines is 1. The van der Waals surface area contributed by atoms with Crippen molar-refractivity contribution in [3.8, 4) is 17.1 Å². The number of guanidine groups is 1. The van der Waals surface area contributed by atoms with E-state index >= 15 is 0 Å². The van der Waals surface area contributed by atoms with Crippen LogP contribution in [-0.4, -0.2) is 81.6 Å². The number of aliphatic imine (C=N–C) groups is 1. The Hall–Kier alpha value is -4.84. The Morgan fingerprint density at radius 1 is 1.13 bits per heavy atom. The maximum absolute atomic E-state index is 14.9. The third-order valence-corrected chi connectivity index (χ3v) is 12.4. The van der Waals surface area contributed by atoms with Crippen molar-refractivity contribution >= 4 is 28.5 Å². The summed E-state index contributed by atoms with van der Waals surface area (Å²) in [5.41, 5.74) is 8.30. The molecule has 3 heterocycles. The number of amides is 1. The lowest BCUT2D eigenvalue weighted by molar-refractivity contribution is -0.135. The molecule has 4 fully saturated rings. The molecule has 3 N–H and O–H groups in total. The number of benzene rings is 2. The summed E-state index contributed by atoms with van der Waals surface area (Å²) in [6, 6.07) is 14.2. The minimum Gasteiger partial charge on any atom is -0.497 e. The van der Waals surface area contributed by atoms with Gasteiger partial charge in [0.2, 0.25) is 5.91 Å². The van der Waals surface area contributed by atoms with Crippen LogP contribution in [0, 0.1) is 29.0 Å². The second-order valence-corrected chi connectivity index (χ2v) is 15.9. The molecule has 54 heavy (non-hydrogen) atoms. The predicted molar refractivity (Wildman–Crippen MR) is 211 cm³/mol. The van der Waals surface area contributed by atoms with Crippen molar-refractivity contribution in [2.45, 2.75) is 78.4 Å². The van der Waals surface area contributed by atoms with Crippen molar-refractivity contribution in [2.75, 3.05) is 38.6 Å². The van der Waals surface area contributed by atoms with Gasteiger partial charge in [-0.3, -0.25) is 19.1 Å². The van der Waals surface area contributed by atoms with Crippen LogP contribution in [0.1, 0.15) is 58.9 Å². The van der Waals surface area contributed by atoms with Gasteiger partial charge in [0.05, 0.1) is 24.1 Å².